The van der Waals surface area contributed by atoms with Gasteiger partial charge in [-0.15, -0.1) is 0 Å². The van der Waals surface area contributed by atoms with Gasteiger partial charge in [-0.05, 0) is 105 Å². The summed E-state index contributed by atoms with van der Waals surface area (Å²) in [5.41, 5.74) is 27.2. The van der Waals surface area contributed by atoms with E-state index < -0.39 is 248 Å². The van der Waals surface area contributed by atoms with E-state index in [1.165, 1.54) is 21.0 Å². The van der Waals surface area contributed by atoms with Crippen LogP contribution < -0.4 is 108 Å². The van der Waals surface area contributed by atoms with Crippen LogP contribution in [0.25, 0.3) is 21.7 Å². The Balaban J connectivity index is 1.50. The van der Waals surface area contributed by atoms with Crippen LogP contribution in [0.2, 0.25) is 0 Å². The number of aromatic nitrogens is 1. The Morgan fingerprint density at radius 2 is 1.16 bits per heavy atom. The minimum absolute atomic E-state index is 0.0540. The van der Waals surface area contributed by atoms with Gasteiger partial charge in [0.2, 0.25) is 100 Å². The van der Waals surface area contributed by atoms with Crippen LogP contribution in [-0.4, -0.2) is 225 Å². The number of carboxylic acids is 1. The van der Waals surface area contributed by atoms with Crippen LogP contribution in [0.3, 0.4) is 0 Å². The summed E-state index contributed by atoms with van der Waals surface area (Å²) in [6, 6.07) is 5.14. The number of aryl methyl sites for hydroxylation is 1. The molecule has 42 heteroatoms. The molecule has 648 valence electrons. The number of nitrogens with one attached hydrogen (secondary N) is 15. The molecule has 1 aromatic heterocycles. The van der Waals surface area contributed by atoms with E-state index in [0.717, 1.165) is 19.2 Å². The standard InChI is InChI=1S/C78H105N21O21/c1-39(100)64-74(116)94-54(34-45-38-99(5)58-18-10-9-15-47(45)58)70(112)89-51(25-27-59(79)102)68(110)88-48(16-12-30-86-77(83)84)65(107)90-52(32-41-20-23-46(120-6)24-21-41)69(111)91-53(33-42-19-22-43-13-7-8-14-44(43)31-42)73(115)98-78(3,4)76(119)96-49(66(108)92-55(35-60(80)103)71(113)95-57(75(117)118)37-62(82)105)17-11-29-85-63(106)28-26-50(87-40(2)101)67(109)93-56(36-61(81)104)72(114)97-64/h7-10,13-15,18-24,31,38-39,48-57,64,100H,11-12,16-17,25-30,32-37H2,1-6H3,(H2,79,102)(H2,80,103)(H2,81,104)(H2,82,105)(H,85,106)(H,87,101)(H,88,110)(H,89,112)(H,90,107)(H,91,111)(H,92,108)(H,93,109)(H,94,116)(H,95,113)(H,96,119)(H,97,114)(H,98,115)(H,117,118)(H4,83,84,86)/t39-,48+,49?,50+,51+,52+,53+,54+,55+,56+,57+,64+/m1/s1. The number of carbonyl (C=O) groups excluding carboxylic acids is 17. The molecule has 0 spiro atoms. The molecular weight excluding hydrogens is 1570 g/mol. The summed E-state index contributed by atoms with van der Waals surface area (Å²) in [7, 11) is 3.10. The molecule has 12 atom stereocenters. The summed E-state index contributed by atoms with van der Waals surface area (Å²) in [4.78, 5) is 251. The molecule has 120 heavy (non-hydrogen) atoms. The van der Waals surface area contributed by atoms with Gasteiger partial charge in [0, 0.05) is 76.3 Å². The number of ether oxygens (including phenoxy) is 1. The highest BCUT2D eigenvalue weighted by molar-refractivity contribution is 6.02. The zero-order valence-corrected chi connectivity index (χ0v) is 67.0. The number of hydrogen-bond acceptors (Lipinski definition) is 21. The van der Waals surface area contributed by atoms with Gasteiger partial charge in [-0.25, -0.2) is 4.79 Å². The topological polar surface area (TPSA) is 684 Å². The van der Waals surface area contributed by atoms with Crippen molar-refractivity contribution in [3.8, 4) is 5.75 Å². The predicted molar refractivity (Wildman–Crippen MR) is 430 cm³/mol. The van der Waals surface area contributed by atoms with E-state index >= 15 is 24.0 Å². The van der Waals surface area contributed by atoms with Gasteiger partial charge in [0.25, 0.3) is 0 Å². The van der Waals surface area contributed by atoms with Crippen LogP contribution in [0, 0.1) is 5.41 Å². The average molecular weight is 1670 g/mol. The quantitative estimate of drug-likeness (QED) is 0.0132. The number of guanidine groups is 1. The molecule has 2 heterocycles. The Bertz CT molecular complexity index is 4650. The van der Waals surface area contributed by atoms with Gasteiger partial charge in [0.05, 0.1) is 32.5 Å². The normalized spacial score (nSPS) is 21.4. The van der Waals surface area contributed by atoms with Crippen molar-refractivity contribution in [1.29, 1.82) is 5.41 Å². The molecule has 0 radical (unpaired) electrons. The van der Waals surface area contributed by atoms with Crippen molar-refractivity contribution in [1.82, 2.24) is 79.0 Å². The number of benzene rings is 4. The predicted octanol–water partition coefficient (Wildman–Crippen LogP) is -6.07. The lowest BCUT2D eigenvalue weighted by Gasteiger charge is -2.31. The molecule has 42 nitrogen and oxygen atoms in total. The van der Waals surface area contributed by atoms with Crippen LogP contribution >= 0.6 is 0 Å². The lowest BCUT2D eigenvalue weighted by molar-refractivity contribution is -0.144. The van der Waals surface area contributed by atoms with Crippen molar-refractivity contribution < 1.29 is 101 Å². The number of primary amides is 4. The van der Waals surface area contributed by atoms with Crippen LogP contribution in [0.1, 0.15) is 115 Å². The Hall–Kier alpha value is -13.8. The molecule has 1 unspecified atom stereocenters. The number of hydrogen-bond donors (Lipinski definition) is 22. The first-order valence-electron chi connectivity index (χ1n) is 38.3. The highest BCUT2D eigenvalue weighted by Crippen LogP contribution is 2.24. The van der Waals surface area contributed by atoms with Gasteiger partial charge in [0.15, 0.2) is 5.96 Å². The van der Waals surface area contributed by atoms with Gasteiger partial charge in [-0.2, -0.15) is 0 Å². The second-order valence-electron chi connectivity index (χ2n) is 29.4. The molecule has 1 saturated heterocycles. The Kier molecular flexibility index (Phi) is 35.7. The van der Waals surface area contributed by atoms with E-state index in [4.69, 9.17) is 38.8 Å². The summed E-state index contributed by atoms with van der Waals surface area (Å²) in [5, 5.41) is 65.3. The summed E-state index contributed by atoms with van der Waals surface area (Å²) in [5.74, 6) is -21.1. The van der Waals surface area contributed by atoms with Gasteiger partial charge in [-0.3, -0.25) is 86.9 Å². The fourth-order valence-electron chi connectivity index (χ4n) is 12.9. The van der Waals surface area contributed by atoms with Crippen LogP contribution in [0.4, 0.5) is 0 Å². The smallest absolute Gasteiger partial charge is 0.326 e. The third-order valence-corrected chi connectivity index (χ3v) is 19.2. The Labute approximate surface area is 688 Å². The first-order valence-corrected chi connectivity index (χ1v) is 38.3. The number of carbonyl (C=O) groups is 18. The molecule has 27 N–H and O–H groups in total. The molecule has 4 aromatic carbocycles. The van der Waals surface area contributed by atoms with Crippen LogP contribution in [0.15, 0.2) is 97.2 Å². The number of methoxy groups -OCH3 is 1. The van der Waals surface area contributed by atoms with Crippen molar-refractivity contribution in [3.05, 3.63) is 114 Å². The van der Waals surface area contributed by atoms with E-state index in [1.54, 1.807) is 103 Å². The maximum absolute atomic E-state index is 15.4. The molecule has 0 bridgehead atoms. The second-order valence-corrected chi connectivity index (χ2v) is 29.4. The number of aliphatic hydroxyl groups is 1. The molecule has 1 aliphatic rings. The number of rotatable bonds is 27. The number of nitrogens with zero attached hydrogens (tertiary/aromatic N) is 1. The van der Waals surface area contributed by atoms with Crippen molar-refractivity contribution in [2.45, 2.75) is 196 Å². The van der Waals surface area contributed by atoms with E-state index in [0.29, 0.717) is 38.7 Å². The number of amides is 17. The van der Waals surface area contributed by atoms with Crippen molar-refractivity contribution in [2.24, 2.45) is 35.7 Å². The number of nitrogens with two attached hydrogens (primary N) is 5. The third kappa shape index (κ3) is 30.0. The summed E-state index contributed by atoms with van der Waals surface area (Å²) >= 11 is 0. The maximum Gasteiger partial charge on any atom is 0.326 e. The van der Waals surface area contributed by atoms with Crippen molar-refractivity contribution >= 4 is 134 Å². The largest absolute Gasteiger partial charge is 0.497 e. The summed E-state index contributed by atoms with van der Waals surface area (Å²) in [6.45, 7) is 4.01. The SMILES string of the molecule is COc1ccc(C[C@@H]2NC(=O)[C@H](CCCNC(=N)N)NC(=O)[C@H](CCC(N)=O)NC(=O)[C@H](Cc3cn(C)c4ccccc34)NC(=O)[C@H]([C@@H](C)O)NC(=O)[C@H](CC(N)=O)NC(=O)[C@@H](NC(C)=O)CCC(=O)NCCCC(C(=O)N[C@@H](CC(N)=O)C(=O)N[C@@H](CC(N)=O)C(=O)O)NC(=O)C(C)(C)NC(=O)[C@H](Cc3ccc4ccccc4c3)NC2=O)cc1. The van der Waals surface area contributed by atoms with Crippen LogP contribution in [-0.2, 0) is 113 Å². The minimum atomic E-state index is -2.14. The maximum atomic E-state index is 15.4. The second kappa shape index (κ2) is 45.0. The first-order chi connectivity index (χ1) is 56.6. The highest BCUT2D eigenvalue weighted by Gasteiger charge is 2.41. The van der Waals surface area contributed by atoms with Crippen molar-refractivity contribution in [3.63, 3.8) is 0 Å². The third-order valence-electron chi connectivity index (χ3n) is 19.2. The molecule has 0 aliphatic carbocycles. The number of fused-ring (bicyclic) bond motifs is 2. The lowest BCUT2D eigenvalue weighted by atomic mass is 9.97. The van der Waals surface area contributed by atoms with Gasteiger partial charge in [0.1, 0.15) is 77.7 Å². The molecule has 1 fully saturated rings. The van der Waals surface area contributed by atoms with Crippen LogP contribution in [0.5, 0.6) is 5.75 Å². The van der Waals surface area contributed by atoms with E-state index in [9.17, 15) is 72.5 Å². The molecule has 1 aliphatic heterocycles. The van der Waals surface area contributed by atoms with Gasteiger partial charge in [-0.1, -0.05) is 72.8 Å². The van der Waals surface area contributed by atoms with Gasteiger partial charge >= 0.3 is 5.97 Å². The van der Waals surface area contributed by atoms with E-state index in [-0.39, 0.29) is 45.2 Å². The fraction of sp³-hybridized carbons (Fsp3) is 0.449. The number of aliphatic carboxylic acids is 1. The summed E-state index contributed by atoms with van der Waals surface area (Å²) in [6.07, 6.45) is -7.69. The average Bonchev–Trinajstić information content (AvgIpc) is 1.63. The number of para-hydroxylation sites is 1. The molecule has 0 saturated carbocycles. The number of carboxylic acid groups (broad SMARTS) is 1. The van der Waals surface area contributed by atoms with E-state index in [1.807, 2.05) is 11.4 Å². The fourth-order valence-corrected chi connectivity index (χ4v) is 12.9. The van der Waals surface area contributed by atoms with Crippen molar-refractivity contribution in [2.75, 3.05) is 20.2 Å². The molecule has 6 rings (SSSR count). The molecule has 5 aromatic rings. The highest BCUT2D eigenvalue weighted by atomic mass is 16.5. The monoisotopic (exact) mass is 1670 g/mol. The lowest BCUT2D eigenvalue weighted by Crippen LogP contribution is -2.63. The molecular formula is C78H105N21O21. The zero-order valence-electron chi connectivity index (χ0n) is 67.0. The zero-order chi connectivity index (χ0) is 88.8. The summed E-state index contributed by atoms with van der Waals surface area (Å²) < 4.78 is 7.08. The van der Waals surface area contributed by atoms with E-state index in [2.05, 4.69) is 69.1 Å². The number of aliphatic hydroxyl groups excluding tert-OH is 1. The Morgan fingerprint density at radius 3 is 1.76 bits per heavy atom. The molecule has 17 amide bonds. The minimum Gasteiger partial charge on any atom is -0.497 e. The first kappa shape index (κ1) is 95.0. The Morgan fingerprint density at radius 1 is 0.608 bits per heavy atom. The van der Waals surface area contributed by atoms with Gasteiger partial charge < -0.3 is 123 Å².